The van der Waals surface area contributed by atoms with Crippen LogP contribution in [0.5, 0.6) is 0 Å². The smallest absolute Gasteiger partial charge is 0.223 e. The van der Waals surface area contributed by atoms with Gasteiger partial charge in [-0.2, -0.15) is 0 Å². The van der Waals surface area contributed by atoms with Crippen molar-refractivity contribution in [2.75, 3.05) is 6.54 Å². The first-order valence-electron chi connectivity index (χ1n) is 5.84. The van der Waals surface area contributed by atoms with E-state index in [0.717, 1.165) is 25.7 Å². The van der Waals surface area contributed by atoms with Gasteiger partial charge in [-0.3, -0.25) is 4.79 Å². The Kier molecular flexibility index (Phi) is 5.05. The van der Waals surface area contributed by atoms with Gasteiger partial charge in [0.05, 0.1) is 6.10 Å². The molecule has 1 aliphatic carbocycles. The molecule has 88 valence electrons. The maximum absolute atomic E-state index is 11.7. The van der Waals surface area contributed by atoms with Crippen LogP contribution in [0.1, 0.15) is 39.0 Å². The Morgan fingerprint density at radius 2 is 2.07 bits per heavy atom. The van der Waals surface area contributed by atoms with E-state index in [9.17, 15) is 9.90 Å². The molecular formula is C11H22N2O2. The van der Waals surface area contributed by atoms with Crippen LogP contribution in [-0.2, 0) is 4.79 Å². The van der Waals surface area contributed by atoms with E-state index in [1.807, 2.05) is 6.92 Å². The minimum Gasteiger partial charge on any atom is -0.391 e. The number of nitrogens with one attached hydrogen (secondary N) is 1. The lowest BCUT2D eigenvalue weighted by Crippen LogP contribution is -2.39. The molecule has 1 rings (SSSR count). The van der Waals surface area contributed by atoms with Gasteiger partial charge >= 0.3 is 0 Å². The standard InChI is InChI=1S/C11H22N2O2/c1-2-10(14)7-13-11(15)8-3-5-9(12)6-4-8/h8-10,14H,2-7,12H2,1H3,(H,13,15). The van der Waals surface area contributed by atoms with Crippen LogP contribution < -0.4 is 11.1 Å². The van der Waals surface area contributed by atoms with Crippen LogP contribution in [0.2, 0.25) is 0 Å². The van der Waals surface area contributed by atoms with Gasteiger partial charge in [0.2, 0.25) is 5.91 Å². The second kappa shape index (κ2) is 6.08. The molecule has 4 heteroatoms. The zero-order chi connectivity index (χ0) is 11.3. The Labute approximate surface area is 91.2 Å². The zero-order valence-corrected chi connectivity index (χ0v) is 9.41. The Bertz CT molecular complexity index is 201. The molecule has 0 bridgehead atoms. The number of carbonyl (C=O) groups is 1. The average molecular weight is 214 g/mol. The number of hydrogen-bond acceptors (Lipinski definition) is 3. The highest BCUT2D eigenvalue weighted by Crippen LogP contribution is 2.23. The molecule has 1 amide bonds. The van der Waals surface area contributed by atoms with E-state index in [-0.39, 0.29) is 17.9 Å². The SMILES string of the molecule is CCC(O)CNC(=O)C1CCC(N)CC1. The third kappa shape index (κ3) is 4.18. The second-order valence-electron chi connectivity index (χ2n) is 4.42. The van der Waals surface area contributed by atoms with E-state index >= 15 is 0 Å². The van der Waals surface area contributed by atoms with Crippen LogP contribution in [0.4, 0.5) is 0 Å². The molecular weight excluding hydrogens is 192 g/mol. The third-order valence-electron chi connectivity index (χ3n) is 3.13. The average Bonchev–Trinajstić information content (AvgIpc) is 2.26. The summed E-state index contributed by atoms with van der Waals surface area (Å²) in [4.78, 5) is 11.7. The van der Waals surface area contributed by atoms with E-state index in [0.29, 0.717) is 13.0 Å². The first-order valence-corrected chi connectivity index (χ1v) is 5.84. The molecule has 0 aromatic rings. The molecule has 0 spiro atoms. The molecule has 0 aliphatic heterocycles. The highest BCUT2D eigenvalue weighted by atomic mass is 16.3. The first-order chi connectivity index (χ1) is 7.13. The maximum Gasteiger partial charge on any atom is 0.223 e. The summed E-state index contributed by atoms with van der Waals surface area (Å²) in [5, 5.41) is 12.1. The molecule has 0 radical (unpaired) electrons. The molecule has 0 aromatic carbocycles. The van der Waals surface area contributed by atoms with Crippen LogP contribution in [-0.4, -0.2) is 29.7 Å². The van der Waals surface area contributed by atoms with E-state index < -0.39 is 6.10 Å². The van der Waals surface area contributed by atoms with Crippen molar-refractivity contribution in [3.63, 3.8) is 0 Å². The van der Waals surface area contributed by atoms with Crippen molar-refractivity contribution in [2.45, 2.75) is 51.2 Å². The van der Waals surface area contributed by atoms with E-state index in [1.165, 1.54) is 0 Å². The van der Waals surface area contributed by atoms with Crippen molar-refractivity contribution in [1.29, 1.82) is 0 Å². The van der Waals surface area contributed by atoms with Gasteiger partial charge in [0, 0.05) is 18.5 Å². The van der Waals surface area contributed by atoms with Crippen LogP contribution in [0.25, 0.3) is 0 Å². The Morgan fingerprint density at radius 3 is 2.60 bits per heavy atom. The van der Waals surface area contributed by atoms with Crippen molar-refractivity contribution in [3.8, 4) is 0 Å². The summed E-state index contributed by atoms with van der Waals surface area (Å²) in [6.45, 7) is 2.27. The van der Waals surface area contributed by atoms with Gasteiger partial charge in [-0.05, 0) is 32.1 Å². The van der Waals surface area contributed by atoms with Gasteiger partial charge in [-0.25, -0.2) is 0 Å². The molecule has 1 atom stereocenters. The molecule has 1 aliphatic rings. The lowest BCUT2D eigenvalue weighted by molar-refractivity contribution is -0.126. The van der Waals surface area contributed by atoms with Gasteiger partial charge in [-0.15, -0.1) is 0 Å². The summed E-state index contributed by atoms with van der Waals surface area (Å²) in [7, 11) is 0. The van der Waals surface area contributed by atoms with E-state index in [1.54, 1.807) is 0 Å². The predicted molar refractivity (Wildman–Crippen MR) is 59.2 cm³/mol. The zero-order valence-electron chi connectivity index (χ0n) is 9.41. The fourth-order valence-corrected chi connectivity index (χ4v) is 1.89. The van der Waals surface area contributed by atoms with Crippen molar-refractivity contribution in [2.24, 2.45) is 11.7 Å². The Hall–Kier alpha value is -0.610. The Balaban J connectivity index is 2.22. The van der Waals surface area contributed by atoms with Gasteiger partial charge in [0.25, 0.3) is 0 Å². The van der Waals surface area contributed by atoms with Crippen molar-refractivity contribution < 1.29 is 9.90 Å². The Morgan fingerprint density at radius 1 is 1.47 bits per heavy atom. The highest BCUT2D eigenvalue weighted by molar-refractivity contribution is 5.78. The van der Waals surface area contributed by atoms with Crippen LogP contribution in [0.3, 0.4) is 0 Å². The molecule has 1 fully saturated rings. The topological polar surface area (TPSA) is 75.3 Å². The van der Waals surface area contributed by atoms with Crippen molar-refractivity contribution in [1.82, 2.24) is 5.32 Å². The van der Waals surface area contributed by atoms with Crippen molar-refractivity contribution >= 4 is 5.91 Å². The number of aliphatic hydroxyl groups is 1. The maximum atomic E-state index is 11.7. The summed E-state index contributed by atoms with van der Waals surface area (Å²) in [5.74, 6) is 0.184. The molecule has 0 saturated heterocycles. The minimum atomic E-state index is -0.417. The fourth-order valence-electron chi connectivity index (χ4n) is 1.89. The number of aliphatic hydroxyl groups excluding tert-OH is 1. The van der Waals surface area contributed by atoms with Gasteiger partial charge in [0.15, 0.2) is 0 Å². The summed E-state index contributed by atoms with van der Waals surface area (Å²) in [6.07, 6.45) is 3.91. The molecule has 0 aromatic heterocycles. The normalized spacial score (nSPS) is 28.5. The highest BCUT2D eigenvalue weighted by Gasteiger charge is 2.24. The summed E-state index contributed by atoms with van der Waals surface area (Å²) < 4.78 is 0. The number of hydrogen-bond donors (Lipinski definition) is 3. The van der Waals surface area contributed by atoms with Gasteiger partial charge < -0.3 is 16.2 Å². The largest absolute Gasteiger partial charge is 0.391 e. The predicted octanol–water partition coefficient (Wildman–Crippen LogP) is 0.391. The van der Waals surface area contributed by atoms with Crippen LogP contribution in [0.15, 0.2) is 0 Å². The van der Waals surface area contributed by atoms with Gasteiger partial charge in [0.1, 0.15) is 0 Å². The molecule has 1 saturated carbocycles. The number of rotatable bonds is 4. The summed E-state index contributed by atoms with van der Waals surface area (Å²) in [5.41, 5.74) is 5.77. The van der Waals surface area contributed by atoms with Crippen molar-refractivity contribution in [3.05, 3.63) is 0 Å². The molecule has 4 N–H and O–H groups in total. The third-order valence-corrected chi connectivity index (χ3v) is 3.13. The number of nitrogens with two attached hydrogens (primary N) is 1. The lowest BCUT2D eigenvalue weighted by atomic mass is 9.86. The lowest BCUT2D eigenvalue weighted by Gasteiger charge is -2.25. The number of carbonyl (C=O) groups excluding carboxylic acids is 1. The molecule has 1 unspecified atom stereocenters. The molecule has 0 heterocycles. The molecule has 15 heavy (non-hydrogen) atoms. The number of amides is 1. The van der Waals surface area contributed by atoms with Gasteiger partial charge in [-0.1, -0.05) is 6.92 Å². The van der Waals surface area contributed by atoms with E-state index in [4.69, 9.17) is 5.73 Å². The van der Waals surface area contributed by atoms with Crippen LogP contribution in [0, 0.1) is 5.92 Å². The fraction of sp³-hybridized carbons (Fsp3) is 0.909. The molecule has 4 nitrogen and oxygen atoms in total. The second-order valence-corrected chi connectivity index (χ2v) is 4.42. The summed E-state index contributed by atoms with van der Waals surface area (Å²) >= 11 is 0. The first kappa shape index (κ1) is 12.5. The van der Waals surface area contributed by atoms with Crippen LogP contribution >= 0.6 is 0 Å². The van der Waals surface area contributed by atoms with E-state index in [2.05, 4.69) is 5.32 Å². The minimum absolute atomic E-state index is 0.0781. The summed E-state index contributed by atoms with van der Waals surface area (Å²) in [6, 6.07) is 0.273. The monoisotopic (exact) mass is 214 g/mol. The quantitative estimate of drug-likeness (QED) is 0.633.